The highest BCUT2D eigenvalue weighted by Crippen LogP contribution is 2.42. The number of carbonyl (C=O) groups excluding carboxylic acids is 1. The van der Waals surface area contributed by atoms with E-state index in [4.69, 9.17) is 0 Å². The zero-order valence-corrected chi connectivity index (χ0v) is 12.6. The Hall–Kier alpha value is -1.10. The molecule has 5 heteroatoms. The van der Waals surface area contributed by atoms with Gasteiger partial charge in [0, 0.05) is 12.6 Å². The number of amides is 1. The Morgan fingerprint density at radius 2 is 1.81 bits per heavy atom. The standard InChI is InChI=1S/C16H26N2O3/c19-14(17-12-6-2-1-3-7-12)10-18-9-11-5-4-8-13(11)15(18)16(20)21/h11-13,15H,1-10H2,(H,17,19)(H,20,21). The minimum Gasteiger partial charge on any atom is -0.480 e. The number of hydrogen-bond acceptors (Lipinski definition) is 3. The van der Waals surface area contributed by atoms with Gasteiger partial charge in [0.05, 0.1) is 6.54 Å². The highest BCUT2D eigenvalue weighted by Gasteiger charge is 2.48. The molecular formula is C16H26N2O3. The zero-order chi connectivity index (χ0) is 14.8. The lowest BCUT2D eigenvalue weighted by Crippen LogP contribution is -2.47. The second-order valence-electron chi connectivity index (χ2n) is 6.97. The van der Waals surface area contributed by atoms with E-state index < -0.39 is 12.0 Å². The van der Waals surface area contributed by atoms with Crippen molar-refractivity contribution in [2.24, 2.45) is 11.8 Å². The largest absolute Gasteiger partial charge is 0.480 e. The van der Waals surface area contributed by atoms with Crippen molar-refractivity contribution in [2.75, 3.05) is 13.1 Å². The van der Waals surface area contributed by atoms with E-state index >= 15 is 0 Å². The van der Waals surface area contributed by atoms with E-state index in [0.29, 0.717) is 12.0 Å². The van der Waals surface area contributed by atoms with Gasteiger partial charge in [0.2, 0.25) is 5.91 Å². The maximum absolute atomic E-state index is 12.2. The molecule has 2 aliphatic carbocycles. The van der Waals surface area contributed by atoms with Crippen molar-refractivity contribution in [2.45, 2.75) is 63.5 Å². The fourth-order valence-corrected chi connectivity index (χ4v) is 4.60. The van der Waals surface area contributed by atoms with E-state index in [1.165, 1.54) is 19.3 Å². The molecule has 3 aliphatic rings. The van der Waals surface area contributed by atoms with Gasteiger partial charge in [0.25, 0.3) is 0 Å². The molecule has 3 rings (SSSR count). The van der Waals surface area contributed by atoms with Gasteiger partial charge in [0.15, 0.2) is 0 Å². The second kappa shape index (κ2) is 6.34. The van der Waals surface area contributed by atoms with Crippen LogP contribution < -0.4 is 5.32 Å². The van der Waals surface area contributed by atoms with Crippen LogP contribution in [0.25, 0.3) is 0 Å². The summed E-state index contributed by atoms with van der Waals surface area (Å²) in [5.41, 5.74) is 0. The number of rotatable bonds is 4. The molecule has 21 heavy (non-hydrogen) atoms. The van der Waals surface area contributed by atoms with Crippen molar-refractivity contribution in [1.82, 2.24) is 10.2 Å². The van der Waals surface area contributed by atoms with Crippen LogP contribution in [0.3, 0.4) is 0 Å². The Morgan fingerprint density at radius 1 is 1.05 bits per heavy atom. The molecule has 118 valence electrons. The minimum absolute atomic E-state index is 0.00752. The number of carboxylic acids is 1. The summed E-state index contributed by atoms with van der Waals surface area (Å²) in [5, 5.41) is 12.6. The second-order valence-corrected chi connectivity index (χ2v) is 6.97. The van der Waals surface area contributed by atoms with Crippen LogP contribution >= 0.6 is 0 Å². The smallest absolute Gasteiger partial charge is 0.321 e. The molecule has 0 aromatic rings. The summed E-state index contributed by atoms with van der Waals surface area (Å²) in [5.74, 6) is -0.0125. The van der Waals surface area contributed by atoms with E-state index in [-0.39, 0.29) is 18.4 Å². The summed E-state index contributed by atoms with van der Waals surface area (Å²) in [6, 6.07) is -0.147. The Morgan fingerprint density at radius 3 is 2.52 bits per heavy atom. The molecule has 3 fully saturated rings. The van der Waals surface area contributed by atoms with E-state index in [1.54, 1.807) is 0 Å². The van der Waals surface area contributed by atoms with Gasteiger partial charge in [0.1, 0.15) is 6.04 Å². The highest BCUT2D eigenvalue weighted by atomic mass is 16.4. The first-order chi connectivity index (χ1) is 10.1. The van der Waals surface area contributed by atoms with Crippen molar-refractivity contribution in [3.8, 4) is 0 Å². The van der Waals surface area contributed by atoms with Crippen molar-refractivity contribution in [1.29, 1.82) is 0 Å². The third-order valence-electron chi connectivity index (χ3n) is 5.56. The number of carbonyl (C=O) groups is 2. The molecule has 0 spiro atoms. The highest BCUT2D eigenvalue weighted by molar-refractivity contribution is 5.80. The van der Waals surface area contributed by atoms with Crippen LogP contribution in [0.1, 0.15) is 51.4 Å². The van der Waals surface area contributed by atoms with Gasteiger partial charge in [-0.15, -0.1) is 0 Å². The van der Waals surface area contributed by atoms with Crippen LogP contribution in [0.4, 0.5) is 0 Å². The average molecular weight is 294 g/mol. The Kier molecular flexibility index (Phi) is 4.48. The number of nitrogens with zero attached hydrogens (tertiary/aromatic N) is 1. The first kappa shape index (κ1) is 14.8. The van der Waals surface area contributed by atoms with Crippen molar-refractivity contribution < 1.29 is 14.7 Å². The monoisotopic (exact) mass is 294 g/mol. The topological polar surface area (TPSA) is 69.6 Å². The summed E-state index contributed by atoms with van der Waals surface area (Å²) in [6.07, 6.45) is 9.05. The van der Waals surface area contributed by atoms with Gasteiger partial charge in [-0.05, 0) is 37.5 Å². The summed E-state index contributed by atoms with van der Waals surface area (Å²) >= 11 is 0. The Labute approximate surface area is 126 Å². The van der Waals surface area contributed by atoms with Crippen LogP contribution in [0.2, 0.25) is 0 Å². The molecule has 2 saturated carbocycles. The maximum Gasteiger partial charge on any atom is 0.321 e. The molecule has 1 amide bonds. The molecule has 3 unspecified atom stereocenters. The van der Waals surface area contributed by atoms with Gasteiger partial charge in [-0.3, -0.25) is 14.5 Å². The zero-order valence-electron chi connectivity index (χ0n) is 12.6. The molecule has 2 N–H and O–H groups in total. The van der Waals surface area contributed by atoms with Gasteiger partial charge in [-0.25, -0.2) is 0 Å². The van der Waals surface area contributed by atoms with E-state index in [2.05, 4.69) is 5.32 Å². The van der Waals surface area contributed by atoms with Crippen molar-refractivity contribution in [3.05, 3.63) is 0 Å². The lowest BCUT2D eigenvalue weighted by molar-refractivity contribution is -0.144. The number of nitrogens with one attached hydrogen (secondary N) is 1. The Bertz CT molecular complexity index is 406. The van der Waals surface area contributed by atoms with Crippen molar-refractivity contribution >= 4 is 11.9 Å². The Balaban J connectivity index is 1.55. The first-order valence-electron chi connectivity index (χ1n) is 8.41. The van der Waals surface area contributed by atoms with Crippen LogP contribution in [-0.2, 0) is 9.59 Å². The van der Waals surface area contributed by atoms with Crippen LogP contribution in [-0.4, -0.2) is 47.1 Å². The fraction of sp³-hybridized carbons (Fsp3) is 0.875. The third-order valence-corrected chi connectivity index (χ3v) is 5.56. The predicted molar refractivity (Wildman–Crippen MR) is 78.8 cm³/mol. The van der Waals surface area contributed by atoms with E-state index in [9.17, 15) is 14.7 Å². The molecule has 1 heterocycles. The average Bonchev–Trinajstić information content (AvgIpc) is 2.99. The van der Waals surface area contributed by atoms with Crippen LogP contribution in [0, 0.1) is 11.8 Å². The van der Waals surface area contributed by atoms with E-state index in [1.807, 2.05) is 4.90 Å². The van der Waals surface area contributed by atoms with Gasteiger partial charge >= 0.3 is 5.97 Å². The SMILES string of the molecule is O=C(CN1CC2CCCC2C1C(=O)O)NC1CCCCC1. The molecule has 0 aromatic heterocycles. The first-order valence-corrected chi connectivity index (χ1v) is 8.41. The minimum atomic E-state index is -0.755. The quantitative estimate of drug-likeness (QED) is 0.826. The van der Waals surface area contributed by atoms with Crippen molar-refractivity contribution in [3.63, 3.8) is 0 Å². The lowest BCUT2D eigenvalue weighted by Gasteiger charge is -2.26. The molecule has 0 aromatic carbocycles. The van der Waals surface area contributed by atoms with Gasteiger partial charge in [-0.1, -0.05) is 25.7 Å². The van der Waals surface area contributed by atoms with Gasteiger partial charge in [-0.2, -0.15) is 0 Å². The van der Waals surface area contributed by atoms with Crippen LogP contribution in [0.15, 0.2) is 0 Å². The van der Waals surface area contributed by atoms with Crippen LogP contribution in [0.5, 0.6) is 0 Å². The fourth-order valence-electron chi connectivity index (χ4n) is 4.60. The number of carboxylic acid groups (broad SMARTS) is 1. The van der Waals surface area contributed by atoms with E-state index in [0.717, 1.165) is 38.6 Å². The number of fused-ring (bicyclic) bond motifs is 1. The summed E-state index contributed by atoms with van der Waals surface area (Å²) < 4.78 is 0. The number of likely N-dealkylation sites (tertiary alicyclic amines) is 1. The molecule has 1 aliphatic heterocycles. The molecule has 3 atom stereocenters. The molecule has 5 nitrogen and oxygen atoms in total. The molecular weight excluding hydrogens is 268 g/mol. The molecule has 0 bridgehead atoms. The lowest BCUT2D eigenvalue weighted by atomic mass is 9.94. The molecule has 1 saturated heterocycles. The normalized spacial score (nSPS) is 33.8. The van der Waals surface area contributed by atoms with Gasteiger partial charge < -0.3 is 10.4 Å². The predicted octanol–water partition coefficient (Wildman–Crippen LogP) is 1.62. The third kappa shape index (κ3) is 3.23. The maximum atomic E-state index is 12.2. The summed E-state index contributed by atoms with van der Waals surface area (Å²) in [7, 11) is 0. The number of aliphatic carboxylic acids is 1. The number of hydrogen-bond donors (Lipinski definition) is 2. The summed E-state index contributed by atoms with van der Waals surface area (Å²) in [6.45, 7) is 1.03. The summed E-state index contributed by atoms with van der Waals surface area (Å²) in [4.78, 5) is 25.7. The molecule has 0 radical (unpaired) electrons.